The Bertz CT molecular complexity index is 968. The minimum Gasteiger partial charge on any atom is -0.368 e. The Kier molecular flexibility index (Phi) is 5.51. The Morgan fingerprint density at radius 1 is 1.10 bits per heavy atom. The van der Waals surface area contributed by atoms with Gasteiger partial charge >= 0.3 is 6.18 Å². The van der Waals surface area contributed by atoms with Crippen molar-refractivity contribution < 1.29 is 27.5 Å². The van der Waals surface area contributed by atoms with Crippen LogP contribution in [0.15, 0.2) is 42.5 Å². The third kappa shape index (κ3) is 4.18. The fourth-order valence-corrected chi connectivity index (χ4v) is 3.88. The van der Waals surface area contributed by atoms with Crippen molar-refractivity contribution in [2.24, 2.45) is 0 Å². The Morgan fingerprint density at radius 2 is 1.93 bits per heavy atom. The molecule has 1 atom stereocenters. The molecule has 0 aromatic heterocycles. The molecule has 158 valence electrons. The maximum Gasteiger partial charge on any atom is 0.416 e. The van der Waals surface area contributed by atoms with Crippen LogP contribution in [0.25, 0.3) is 0 Å². The van der Waals surface area contributed by atoms with E-state index >= 15 is 0 Å². The van der Waals surface area contributed by atoms with Crippen LogP contribution in [0.2, 0.25) is 0 Å². The van der Waals surface area contributed by atoms with Gasteiger partial charge in [0, 0.05) is 30.1 Å². The average molecular weight is 418 g/mol. The molecule has 0 radical (unpaired) electrons. The molecule has 2 amide bonds. The van der Waals surface area contributed by atoms with Gasteiger partial charge in [-0.1, -0.05) is 6.07 Å². The second kappa shape index (κ2) is 8.10. The van der Waals surface area contributed by atoms with Gasteiger partial charge in [-0.25, -0.2) is 0 Å². The largest absolute Gasteiger partial charge is 0.416 e. The topological polar surface area (TPSA) is 58.6 Å². The minimum absolute atomic E-state index is 0.250. The van der Waals surface area contributed by atoms with E-state index in [1.165, 1.54) is 11.0 Å². The van der Waals surface area contributed by atoms with Gasteiger partial charge in [0.15, 0.2) is 0 Å². The normalized spacial score (nSPS) is 18.8. The molecule has 0 saturated carbocycles. The van der Waals surface area contributed by atoms with Gasteiger partial charge in [0.1, 0.15) is 6.10 Å². The van der Waals surface area contributed by atoms with Crippen molar-refractivity contribution in [1.82, 2.24) is 0 Å². The second-order valence-electron chi connectivity index (χ2n) is 7.47. The highest BCUT2D eigenvalue weighted by Crippen LogP contribution is 2.35. The molecule has 2 aromatic rings. The molecule has 8 heteroatoms. The standard InChI is InChI=1S/C22H21F3N2O3/c23-22(24,25)16-8-9-18-14(12-16)5-2-10-27(18)21(29)15-4-1-6-17(13-15)26-20(28)19-7-3-11-30-19/h1,4,6,8-9,12-13,19H,2-3,5,7,10-11H2,(H,26,28)/t19-/m1/s1. The first kappa shape index (κ1) is 20.4. The molecule has 1 N–H and O–H groups in total. The fraction of sp³-hybridized carbons (Fsp3) is 0.364. The van der Waals surface area contributed by atoms with E-state index in [1.807, 2.05) is 0 Å². The first-order valence-electron chi connectivity index (χ1n) is 9.87. The lowest BCUT2D eigenvalue weighted by molar-refractivity contribution is -0.137. The van der Waals surface area contributed by atoms with Crippen molar-refractivity contribution in [2.75, 3.05) is 23.4 Å². The SMILES string of the molecule is O=C(Nc1cccc(C(=O)N2CCCc3cc(C(F)(F)F)ccc32)c1)[C@H]1CCCO1. The molecular weight excluding hydrogens is 397 g/mol. The number of halogens is 3. The number of nitrogens with one attached hydrogen (secondary N) is 1. The number of nitrogens with zero attached hydrogens (tertiary/aromatic N) is 1. The molecule has 0 spiro atoms. The zero-order chi connectivity index (χ0) is 21.3. The van der Waals surface area contributed by atoms with Gasteiger partial charge in [-0.3, -0.25) is 9.59 Å². The Labute approximate surface area is 171 Å². The molecule has 1 fully saturated rings. The van der Waals surface area contributed by atoms with E-state index in [1.54, 1.807) is 24.3 Å². The number of carbonyl (C=O) groups is 2. The molecule has 0 aliphatic carbocycles. The summed E-state index contributed by atoms with van der Waals surface area (Å²) in [4.78, 5) is 26.9. The molecule has 0 unspecified atom stereocenters. The summed E-state index contributed by atoms with van der Waals surface area (Å²) < 4.78 is 44.4. The third-order valence-corrected chi connectivity index (χ3v) is 5.37. The maximum atomic E-state index is 13.1. The van der Waals surface area contributed by atoms with Crippen molar-refractivity contribution in [3.63, 3.8) is 0 Å². The smallest absolute Gasteiger partial charge is 0.368 e. The molecule has 4 rings (SSSR count). The first-order valence-corrected chi connectivity index (χ1v) is 9.87. The van der Waals surface area contributed by atoms with E-state index < -0.39 is 17.8 Å². The molecule has 1 saturated heterocycles. The van der Waals surface area contributed by atoms with E-state index in [-0.39, 0.29) is 11.8 Å². The van der Waals surface area contributed by atoms with Crippen LogP contribution in [-0.4, -0.2) is 31.1 Å². The van der Waals surface area contributed by atoms with Crippen LogP contribution in [0.4, 0.5) is 24.5 Å². The molecule has 30 heavy (non-hydrogen) atoms. The molecule has 2 aromatic carbocycles. The third-order valence-electron chi connectivity index (χ3n) is 5.37. The minimum atomic E-state index is -4.42. The quantitative estimate of drug-likeness (QED) is 0.803. The van der Waals surface area contributed by atoms with Crippen molar-refractivity contribution >= 4 is 23.2 Å². The van der Waals surface area contributed by atoms with E-state index in [9.17, 15) is 22.8 Å². The summed E-state index contributed by atoms with van der Waals surface area (Å²) in [6, 6.07) is 10.0. The van der Waals surface area contributed by atoms with Gasteiger partial charge in [-0.05, 0) is 67.6 Å². The van der Waals surface area contributed by atoms with Crippen molar-refractivity contribution in [3.05, 3.63) is 59.2 Å². The predicted molar refractivity (Wildman–Crippen MR) is 105 cm³/mol. The van der Waals surface area contributed by atoms with Crippen LogP contribution in [0.3, 0.4) is 0 Å². The van der Waals surface area contributed by atoms with Crippen LogP contribution in [-0.2, 0) is 22.1 Å². The Hall–Kier alpha value is -2.87. The van der Waals surface area contributed by atoms with E-state index in [4.69, 9.17) is 4.74 Å². The average Bonchev–Trinajstić information content (AvgIpc) is 3.27. The molecule has 2 heterocycles. The first-order chi connectivity index (χ1) is 14.3. The monoisotopic (exact) mass is 418 g/mol. The van der Waals surface area contributed by atoms with Crippen LogP contribution in [0, 0.1) is 0 Å². The molecule has 2 aliphatic heterocycles. The van der Waals surface area contributed by atoms with Crippen LogP contribution in [0.1, 0.15) is 40.7 Å². The number of fused-ring (bicyclic) bond motifs is 1. The van der Waals surface area contributed by atoms with Gasteiger partial charge < -0.3 is 15.0 Å². The number of alkyl halides is 3. The number of rotatable bonds is 3. The van der Waals surface area contributed by atoms with Gasteiger partial charge in [-0.2, -0.15) is 13.2 Å². The van der Waals surface area contributed by atoms with Crippen molar-refractivity contribution in [3.8, 4) is 0 Å². The molecule has 2 aliphatic rings. The summed E-state index contributed by atoms with van der Waals surface area (Å²) in [6.07, 6.45) is -2.34. The zero-order valence-electron chi connectivity index (χ0n) is 16.2. The van der Waals surface area contributed by atoms with Gasteiger partial charge in [0.05, 0.1) is 5.56 Å². The fourth-order valence-electron chi connectivity index (χ4n) is 3.88. The summed E-state index contributed by atoms with van der Waals surface area (Å²) in [5, 5.41) is 2.77. The van der Waals surface area contributed by atoms with Gasteiger partial charge in [-0.15, -0.1) is 0 Å². The number of ether oxygens (including phenoxy) is 1. The highest BCUT2D eigenvalue weighted by molar-refractivity contribution is 6.07. The van der Waals surface area contributed by atoms with Crippen LogP contribution < -0.4 is 10.2 Å². The lowest BCUT2D eigenvalue weighted by Gasteiger charge is -2.30. The molecular formula is C22H21F3N2O3. The summed E-state index contributed by atoms with van der Waals surface area (Å²) in [6.45, 7) is 0.977. The van der Waals surface area contributed by atoms with E-state index in [0.29, 0.717) is 54.9 Å². The van der Waals surface area contributed by atoms with Crippen LogP contribution in [0.5, 0.6) is 0 Å². The highest BCUT2D eigenvalue weighted by atomic mass is 19.4. The summed E-state index contributed by atoms with van der Waals surface area (Å²) in [7, 11) is 0. The maximum absolute atomic E-state index is 13.1. The van der Waals surface area contributed by atoms with Crippen LogP contribution >= 0.6 is 0 Å². The Morgan fingerprint density at radius 3 is 2.67 bits per heavy atom. The van der Waals surface area contributed by atoms with Crippen molar-refractivity contribution in [1.29, 1.82) is 0 Å². The number of hydrogen-bond acceptors (Lipinski definition) is 3. The summed E-state index contributed by atoms with van der Waals surface area (Å²) in [5.74, 6) is -0.566. The van der Waals surface area contributed by atoms with Gasteiger partial charge in [0.25, 0.3) is 11.8 Å². The second-order valence-corrected chi connectivity index (χ2v) is 7.47. The Balaban J connectivity index is 1.55. The number of amides is 2. The highest BCUT2D eigenvalue weighted by Gasteiger charge is 2.33. The van der Waals surface area contributed by atoms with Crippen molar-refractivity contribution in [2.45, 2.75) is 38.0 Å². The van der Waals surface area contributed by atoms with Gasteiger partial charge in [0.2, 0.25) is 0 Å². The molecule has 0 bridgehead atoms. The lowest BCUT2D eigenvalue weighted by atomic mass is 9.98. The number of benzene rings is 2. The predicted octanol–water partition coefficient (Wildman–Crippen LogP) is 4.42. The number of hydrogen-bond donors (Lipinski definition) is 1. The molecule has 5 nitrogen and oxygen atoms in total. The van der Waals surface area contributed by atoms with E-state index in [0.717, 1.165) is 18.6 Å². The summed E-state index contributed by atoms with van der Waals surface area (Å²) >= 11 is 0. The number of anilines is 2. The van der Waals surface area contributed by atoms with E-state index in [2.05, 4.69) is 5.32 Å². The number of aryl methyl sites for hydroxylation is 1. The zero-order valence-corrected chi connectivity index (χ0v) is 16.2. The number of carbonyl (C=O) groups excluding carboxylic acids is 2. The summed E-state index contributed by atoms with van der Waals surface area (Å²) in [5.41, 5.74) is 1.12. The lowest BCUT2D eigenvalue weighted by Crippen LogP contribution is -2.35.